The number of rotatable bonds is 3. The van der Waals surface area contributed by atoms with Gasteiger partial charge in [-0.05, 0) is 43.4 Å². The fraction of sp³-hybridized carbons (Fsp3) is 0.722. The molecule has 2 aliphatic heterocycles. The predicted molar refractivity (Wildman–Crippen MR) is 92.8 cm³/mol. The highest BCUT2D eigenvalue weighted by molar-refractivity contribution is 7.07. The summed E-state index contributed by atoms with van der Waals surface area (Å²) in [6.45, 7) is 3.45. The molecule has 3 heterocycles. The van der Waals surface area contributed by atoms with Crippen LogP contribution in [0.3, 0.4) is 0 Å². The minimum atomic E-state index is 0.0595. The standard InChI is InChI=1S/C18H25N3O2S/c22-16-4-5-18(12-21(16)10-14-2-1-3-14)6-8-20(9-7-18)17(23)15-11-24-13-19-15/h11,13-14H,1-10,12H2. The largest absolute Gasteiger partial charge is 0.342 e. The first-order valence-electron chi connectivity index (χ1n) is 9.10. The van der Waals surface area contributed by atoms with Gasteiger partial charge >= 0.3 is 0 Å². The molecule has 6 heteroatoms. The molecule has 2 amide bonds. The molecule has 0 unspecified atom stereocenters. The molecule has 1 saturated carbocycles. The number of aromatic nitrogens is 1. The topological polar surface area (TPSA) is 53.5 Å². The molecule has 1 spiro atoms. The van der Waals surface area contributed by atoms with E-state index in [2.05, 4.69) is 9.88 Å². The minimum absolute atomic E-state index is 0.0595. The Balaban J connectivity index is 1.36. The molecule has 4 rings (SSSR count). The van der Waals surface area contributed by atoms with Crippen molar-refractivity contribution in [3.63, 3.8) is 0 Å². The number of carbonyl (C=O) groups excluding carboxylic acids is 2. The molecule has 1 aliphatic carbocycles. The van der Waals surface area contributed by atoms with Crippen LogP contribution in [0.4, 0.5) is 0 Å². The Morgan fingerprint density at radius 3 is 2.71 bits per heavy atom. The van der Waals surface area contributed by atoms with Crippen LogP contribution in [0.5, 0.6) is 0 Å². The van der Waals surface area contributed by atoms with E-state index in [1.807, 2.05) is 10.3 Å². The summed E-state index contributed by atoms with van der Waals surface area (Å²) >= 11 is 1.46. The first-order chi connectivity index (χ1) is 11.7. The Morgan fingerprint density at radius 1 is 1.29 bits per heavy atom. The van der Waals surface area contributed by atoms with Crippen LogP contribution in [0.2, 0.25) is 0 Å². The van der Waals surface area contributed by atoms with Crippen LogP contribution in [-0.2, 0) is 4.79 Å². The maximum absolute atomic E-state index is 12.4. The maximum atomic E-state index is 12.4. The van der Waals surface area contributed by atoms with E-state index in [1.54, 1.807) is 5.51 Å². The number of likely N-dealkylation sites (tertiary alicyclic amines) is 2. The molecular weight excluding hydrogens is 322 g/mol. The van der Waals surface area contributed by atoms with Crippen molar-refractivity contribution in [3.05, 3.63) is 16.6 Å². The van der Waals surface area contributed by atoms with Crippen molar-refractivity contribution < 1.29 is 9.59 Å². The maximum Gasteiger partial charge on any atom is 0.273 e. The lowest BCUT2D eigenvalue weighted by atomic mass is 9.71. The summed E-state index contributed by atoms with van der Waals surface area (Å²) in [7, 11) is 0. The van der Waals surface area contributed by atoms with Gasteiger partial charge in [-0.3, -0.25) is 9.59 Å². The first kappa shape index (κ1) is 16.1. The molecule has 24 heavy (non-hydrogen) atoms. The van der Waals surface area contributed by atoms with Gasteiger partial charge in [-0.2, -0.15) is 0 Å². The molecule has 1 aromatic heterocycles. The molecular formula is C18H25N3O2S. The molecule has 5 nitrogen and oxygen atoms in total. The summed E-state index contributed by atoms with van der Waals surface area (Å²) in [6, 6.07) is 0. The van der Waals surface area contributed by atoms with Gasteiger partial charge in [-0.25, -0.2) is 4.98 Å². The van der Waals surface area contributed by atoms with Crippen LogP contribution in [0, 0.1) is 11.3 Å². The average Bonchev–Trinajstić information content (AvgIpc) is 3.09. The highest BCUT2D eigenvalue weighted by atomic mass is 32.1. The third-order valence-electron chi connectivity index (χ3n) is 6.21. The van der Waals surface area contributed by atoms with Gasteiger partial charge in [0.15, 0.2) is 0 Å². The van der Waals surface area contributed by atoms with E-state index >= 15 is 0 Å². The molecule has 2 saturated heterocycles. The number of piperidine rings is 2. The third-order valence-corrected chi connectivity index (χ3v) is 6.80. The van der Waals surface area contributed by atoms with Crippen molar-refractivity contribution in [1.82, 2.24) is 14.8 Å². The van der Waals surface area contributed by atoms with Crippen molar-refractivity contribution >= 4 is 23.2 Å². The molecule has 3 fully saturated rings. The quantitative estimate of drug-likeness (QED) is 0.845. The zero-order valence-electron chi connectivity index (χ0n) is 14.1. The van der Waals surface area contributed by atoms with Crippen molar-refractivity contribution in [2.45, 2.75) is 44.9 Å². The molecule has 130 valence electrons. The lowest BCUT2D eigenvalue weighted by molar-refractivity contribution is -0.140. The summed E-state index contributed by atoms with van der Waals surface area (Å²) < 4.78 is 0. The molecule has 0 bridgehead atoms. The van der Waals surface area contributed by atoms with E-state index in [1.165, 1.54) is 30.6 Å². The molecule has 0 aromatic carbocycles. The van der Waals surface area contributed by atoms with Gasteiger partial charge < -0.3 is 9.80 Å². The van der Waals surface area contributed by atoms with Crippen molar-refractivity contribution in [2.75, 3.05) is 26.2 Å². The van der Waals surface area contributed by atoms with Crippen LogP contribution in [-0.4, -0.2) is 52.8 Å². The molecule has 0 radical (unpaired) electrons. The fourth-order valence-corrected chi connectivity index (χ4v) is 4.85. The fourth-order valence-electron chi connectivity index (χ4n) is 4.33. The van der Waals surface area contributed by atoms with Gasteiger partial charge in [0.2, 0.25) is 5.91 Å². The van der Waals surface area contributed by atoms with Crippen LogP contribution in [0.1, 0.15) is 55.4 Å². The Morgan fingerprint density at radius 2 is 2.08 bits per heavy atom. The van der Waals surface area contributed by atoms with E-state index in [0.717, 1.165) is 51.4 Å². The zero-order chi connectivity index (χ0) is 16.6. The second-order valence-electron chi connectivity index (χ2n) is 7.74. The van der Waals surface area contributed by atoms with Crippen molar-refractivity contribution in [2.24, 2.45) is 11.3 Å². The number of hydrogen-bond donors (Lipinski definition) is 0. The summed E-state index contributed by atoms with van der Waals surface area (Å²) in [5.74, 6) is 1.13. The number of amides is 2. The Labute approximate surface area is 147 Å². The smallest absolute Gasteiger partial charge is 0.273 e. The lowest BCUT2D eigenvalue weighted by Crippen LogP contribution is -2.53. The summed E-state index contributed by atoms with van der Waals surface area (Å²) in [5.41, 5.74) is 2.52. The minimum Gasteiger partial charge on any atom is -0.342 e. The number of hydrogen-bond acceptors (Lipinski definition) is 4. The number of carbonyl (C=O) groups is 2. The van der Waals surface area contributed by atoms with Crippen LogP contribution in [0.15, 0.2) is 10.9 Å². The number of nitrogens with zero attached hydrogens (tertiary/aromatic N) is 3. The van der Waals surface area contributed by atoms with Gasteiger partial charge in [-0.1, -0.05) is 6.42 Å². The van der Waals surface area contributed by atoms with Crippen LogP contribution >= 0.6 is 11.3 Å². The molecule has 0 atom stereocenters. The predicted octanol–water partition coefficient (Wildman–Crippen LogP) is 2.79. The highest BCUT2D eigenvalue weighted by Crippen LogP contribution is 2.41. The second-order valence-corrected chi connectivity index (χ2v) is 8.46. The highest BCUT2D eigenvalue weighted by Gasteiger charge is 2.42. The van der Waals surface area contributed by atoms with Crippen molar-refractivity contribution in [1.29, 1.82) is 0 Å². The molecule has 0 N–H and O–H groups in total. The van der Waals surface area contributed by atoms with Gasteiger partial charge in [0, 0.05) is 38.0 Å². The summed E-state index contributed by atoms with van der Waals surface area (Å²) in [6.07, 6.45) is 7.60. The SMILES string of the molecule is O=C1CCC2(CCN(C(=O)c3cscn3)CC2)CN1CC1CCC1. The van der Waals surface area contributed by atoms with Gasteiger partial charge in [-0.15, -0.1) is 11.3 Å². The normalized spacial score (nSPS) is 24.2. The van der Waals surface area contributed by atoms with Gasteiger partial charge in [0.05, 0.1) is 5.51 Å². The second kappa shape index (κ2) is 6.47. The van der Waals surface area contributed by atoms with E-state index in [0.29, 0.717) is 18.0 Å². The van der Waals surface area contributed by atoms with Crippen molar-refractivity contribution in [3.8, 4) is 0 Å². The molecule has 3 aliphatic rings. The average molecular weight is 347 g/mol. The first-order valence-corrected chi connectivity index (χ1v) is 10.0. The monoisotopic (exact) mass is 347 g/mol. The summed E-state index contributed by atoms with van der Waals surface area (Å²) in [5, 5.41) is 1.83. The zero-order valence-corrected chi connectivity index (χ0v) is 14.9. The summed E-state index contributed by atoms with van der Waals surface area (Å²) in [4.78, 5) is 32.9. The van der Waals surface area contributed by atoms with E-state index in [9.17, 15) is 9.59 Å². The van der Waals surface area contributed by atoms with E-state index < -0.39 is 0 Å². The molecule has 1 aromatic rings. The van der Waals surface area contributed by atoms with Crippen LogP contribution in [0.25, 0.3) is 0 Å². The van der Waals surface area contributed by atoms with Gasteiger partial charge in [0.1, 0.15) is 5.69 Å². The Hall–Kier alpha value is -1.43. The van der Waals surface area contributed by atoms with E-state index in [-0.39, 0.29) is 11.3 Å². The van der Waals surface area contributed by atoms with Crippen LogP contribution < -0.4 is 0 Å². The third kappa shape index (κ3) is 3.08. The van der Waals surface area contributed by atoms with Gasteiger partial charge in [0.25, 0.3) is 5.91 Å². The number of thiazole rings is 1. The van der Waals surface area contributed by atoms with E-state index in [4.69, 9.17) is 0 Å². The lowest BCUT2D eigenvalue weighted by Gasteiger charge is -2.48. The Kier molecular flexibility index (Phi) is 4.33. The Bertz CT molecular complexity index is 604.